The van der Waals surface area contributed by atoms with Crippen molar-refractivity contribution in [3.05, 3.63) is 35.4 Å². The molecule has 0 spiro atoms. The minimum Gasteiger partial charge on any atom is -0.295 e. The van der Waals surface area contributed by atoms with Crippen LogP contribution < -0.4 is 0 Å². The molecule has 1 aromatic rings. The molecule has 1 nitrogen and oxygen atoms in total. The maximum atomic E-state index is 10.9. The second-order valence-corrected chi connectivity index (χ2v) is 4.17. The number of Topliss-reactive ketones (excluding diaryl/α,β-unsaturated/α-hetero) is 1. The molecule has 0 heterocycles. The maximum Gasteiger partial charge on any atom is 0.160 e. The predicted octanol–water partition coefficient (Wildman–Crippen LogP) is 4.25. The van der Waals surface area contributed by atoms with Crippen LogP contribution in [0.4, 0.5) is 0 Å². The van der Waals surface area contributed by atoms with Gasteiger partial charge in [-0.25, -0.2) is 0 Å². The van der Waals surface area contributed by atoms with E-state index in [4.69, 9.17) is 0 Å². The van der Waals surface area contributed by atoms with E-state index in [9.17, 15) is 4.79 Å². The molecule has 0 aliphatic rings. The number of ketones is 1. The molecule has 0 fully saturated rings. The van der Waals surface area contributed by atoms with Crippen molar-refractivity contribution in [2.75, 3.05) is 0 Å². The minimum atomic E-state index is 0.137. The lowest BCUT2D eigenvalue weighted by molar-refractivity contribution is 0.101. The molecule has 84 valence electrons. The Hall–Kier alpha value is -1.11. The largest absolute Gasteiger partial charge is 0.295 e. The topological polar surface area (TPSA) is 17.1 Å². The van der Waals surface area contributed by atoms with Crippen molar-refractivity contribution in [3.63, 3.8) is 0 Å². The van der Waals surface area contributed by atoms with Gasteiger partial charge in [0.2, 0.25) is 0 Å². The van der Waals surface area contributed by atoms with Gasteiger partial charge >= 0.3 is 0 Å². The molecule has 0 aromatic heterocycles. The first kappa shape index (κ1) is 13.9. The van der Waals surface area contributed by atoms with Gasteiger partial charge in [-0.2, -0.15) is 0 Å². The first-order chi connectivity index (χ1) is 6.99. The van der Waals surface area contributed by atoms with E-state index in [1.54, 1.807) is 6.92 Å². The third-order valence-electron chi connectivity index (χ3n) is 2.34. The average Bonchev–Trinajstić information content (AvgIpc) is 2.19. The predicted molar refractivity (Wildman–Crippen MR) is 66.3 cm³/mol. The van der Waals surface area contributed by atoms with Crippen molar-refractivity contribution >= 4 is 5.78 Å². The van der Waals surface area contributed by atoms with Gasteiger partial charge in [-0.05, 0) is 25.3 Å². The zero-order valence-electron chi connectivity index (χ0n) is 10.5. The van der Waals surface area contributed by atoms with Gasteiger partial charge in [0.05, 0.1) is 0 Å². The molecule has 1 heteroatoms. The van der Waals surface area contributed by atoms with E-state index < -0.39 is 0 Å². The summed E-state index contributed by atoms with van der Waals surface area (Å²) in [5, 5.41) is 0. The zero-order valence-corrected chi connectivity index (χ0v) is 10.5. The summed E-state index contributed by atoms with van der Waals surface area (Å²) in [4.78, 5) is 10.9. The highest BCUT2D eigenvalue weighted by Gasteiger charge is 1.99. The van der Waals surface area contributed by atoms with Crippen molar-refractivity contribution in [1.29, 1.82) is 0 Å². The van der Waals surface area contributed by atoms with Gasteiger partial charge < -0.3 is 0 Å². The maximum absolute atomic E-state index is 10.9. The molecule has 1 aromatic carbocycles. The number of benzene rings is 1. The molecule has 0 aliphatic heterocycles. The normalized spacial score (nSPS) is 9.47. The Labute approximate surface area is 93.5 Å². The smallest absolute Gasteiger partial charge is 0.160 e. The first-order valence-electron chi connectivity index (χ1n) is 5.55. The van der Waals surface area contributed by atoms with Gasteiger partial charge in [0, 0.05) is 5.56 Å². The second-order valence-electron chi connectivity index (χ2n) is 4.17. The van der Waals surface area contributed by atoms with Crippen molar-refractivity contribution in [2.45, 2.75) is 41.0 Å². The van der Waals surface area contributed by atoms with E-state index in [1.165, 1.54) is 6.42 Å². The number of carbonyl (C=O) groups excluding carboxylic acids is 1. The van der Waals surface area contributed by atoms with Crippen LogP contribution in [0.2, 0.25) is 0 Å². The summed E-state index contributed by atoms with van der Waals surface area (Å²) in [7, 11) is 0. The van der Waals surface area contributed by atoms with Crippen molar-refractivity contribution in [2.24, 2.45) is 5.92 Å². The molecule has 0 bridgehead atoms. The van der Waals surface area contributed by atoms with Crippen LogP contribution in [-0.4, -0.2) is 5.78 Å². The SMILES string of the molecule is CC(=O)c1ccccc1C.CCC(C)C. The van der Waals surface area contributed by atoms with Crippen LogP contribution in [-0.2, 0) is 0 Å². The molecule has 0 aliphatic carbocycles. The summed E-state index contributed by atoms with van der Waals surface area (Å²) in [6.07, 6.45) is 1.31. The van der Waals surface area contributed by atoms with Gasteiger partial charge in [-0.1, -0.05) is 51.5 Å². The third-order valence-corrected chi connectivity index (χ3v) is 2.34. The van der Waals surface area contributed by atoms with Gasteiger partial charge in [0.1, 0.15) is 0 Å². The molecule has 0 radical (unpaired) electrons. The Balaban J connectivity index is 0.000000336. The Kier molecular flexibility index (Phi) is 6.68. The third kappa shape index (κ3) is 6.05. The molecular formula is C14H22O. The van der Waals surface area contributed by atoms with E-state index >= 15 is 0 Å². The van der Waals surface area contributed by atoms with Gasteiger partial charge in [-0.15, -0.1) is 0 Å². The standard InChI is InChI=1S/C9H10O.C5H12/c1-7-5-3-4-6-9(7)8(2)10;1-4-5(2)3/h3-6H,1-2H3;5H,4H2,1-3H3. The molecule has 0 N–H and O–H groups in total. The Morgan fingerprint density at radius 1 is 1.27 bits per heavy atom. The van der Waals surface area contributed by atoms with Crippen molar-refractivity contribution in [3.8, 4) is 0 Å². The van der Waals surface area contributed by atoms with Gasteiger partial charge in [0.15, 0.2) is 5.78 Å². The highest BCUT2D eigenvalue weighted by atomic mass is 16.1. The van der Waals surface area contributed by atoms with E-state index in [-0.39, 0.29) is 5.78 Å². The van der Waals surface area contributed by atoms with Crippen molar-refractivity contribution in [1.82, 2.24) is 0 Å². The summed E-state index contributed by atoms with van der Waals surface area (Å²) < 4.78 is 0. The molecule has 0 saturated heterocycles. The van der Waals surface area contributed by atoms with Crippen molar-refractivity contribution < 1.29 is 4.79 Å². The van der Waals surface area contributed by atoms with Crippen LogP contribution in [0.3, 0.4) is 0 Å². The second kappa shape index (κ2) is 7.22. The van der Waals surface area contributed by atoms with E-state index in [1.807, 2.05) is 31.2 Å². The zero-order chi connectivity index (χ0) is 11.8. The highest BCUT2D eigenvalue weighted by Crippen LogP contribution is 2.06. The fraction of sp³-hybridized carbons (Fsp3) is 0.500. The van der Waals surface area contributed by atoms with Crippen LogP contribution in [0.5, 0.6) is 0 Å². The van der Waals surface area contributed by atoms with E-state index in [2.05, 4.69) is 20.8 Å². The van der Waals surface area contributed by atoms with Crippen LogP contribution in [0.25, 0.3) is 0 Å². The number of hydrogen-bond acceptors (Lipinski definition) is 1. The fourth-order valence-electron chi connectivity index (χ4n) is 0.968. The first-order valence-corrected chi connectivity index (χ1v) is 5.55. The lowest BCUT2D eigenvalue weighted by atomic mass is 10.1. The fourth-order valence-corrected chi connectivity index (χ4v) is 0.968. The molecule has 1 rings (SSSR count). The summed E-state index contributed by atoms with van der Waals surface area (Å²) in [6.45, 7) is 10.2. The van der Waals surface area contributed by atoms with Crippen LogP contribution in [0.1, 0.15) is 50.0 Å². The summed E-state index contributed by atoms with van der Waals surface area (Å²) in [6, 6.07) is 7.60. The average molecular weight is 206 g/mol. The summed E-state index contributed by atoms with van der Waals surface area (Å²) in [5.41, 5.74) is 1.87. The minimum absolute atomic E-state index is 0.137. The molecule has 0 atom stereocenters. The van der Waals surface area contributed by atoms with Crippen LogP contribution in [0, 0.1) is 12.8 Å². The van der Waals surface area contributed by atoms with Gasteiger partial charge in [0.25, 0.3) is 0 Å². The molecule has 0 amide bonds. The van der Waals surface area contributed by atoms with Crippen LogP contribution in [0.15, 0.2) is 24.3 Å². The van der Waals surface area contributed by atoms with Gasteiger partial charge in [-0.3, -0.25) is 4.79 Å². The quantitative estimate of drug-likeness (QED) is 0.661. The molecule has 15 heavy (non-hydrogen) atoms. The molecule has 0 saturated carbocycles. The van der Waals surface area contributed by atoms with E-state index in [0.29, 0.717) is 0 Å². The highest BCUT2D eigenvalue weighted by molar-refractivity contribution is 5.95. The number of rotatable bonds is 2. The number of hydrogen-bond donors (Lipinski definition) is 0. The van der Waals surface area contributed by atoms with Crippen LogP contribution >= 0.6 is 0 Å². The monoisotopic (exact) mass is 206 g/mol. The van der Waals surface area contributed by atoms with E-state index in [0.717, 1.165) is 17.0 Å². The lowest BCUT2D eigenvalue weighted by Gasteiger charge is -1.97. The summed E-state index contributed by atoms with van der Waals surface area (Å²) >= 11 is 0. The Morgan fingerprint density at radius 3 is 2.00 bits per heavy atom. The lowest BCUT2D eigenvalue weighted by Crippen LogP contribution is -1.93. The number of carbonyl (C=O) groups is 1. The molecule has 0 unspecified atom stereocenters. The summed E-state index contributed by atoms with van der Waals surface area (Å²) in [5.74, 6) is 1.02. The Morgan fingerprint density at radius 2 is 1.73 bits per heavy atom. The molecular weight excluding hydrogens is 184 g/mol. The Bertz CT molecular complexity index is 300. The number of aryl methyl sites for hydroxylation is 1.